The van der Waals surface area contributed by atoms with Gasteiger partial charge in [0.15, 0.2) is 12.6 Å². The molecule has 2 aromatic rings. The van der Waals surface area contributed by atoms with Gasteiger partial charge in [0.1, 0.15) is 11.5 Å². The number of nitrogens with one attached hydrogen (secondary N) is 1. The molecule has 2 aromatic carbocycles. The third kappa shape index (κ3) is 4.73. The van der Waals surface area contributed by atoms with Crippen LogP contribution in [0.1, 0.15) is 27.5 Å². The first kappa shape index (κ1) is 19.5. The minimum absolute atomic E-state index is 0.0534. The molecule has 3 rings (SSSR count). The van der Waals surface area contributed by atoms with Crippen LogP contribution >= 0.6 is 0 Å². The summed E-state index contributed by atoms with van der Waals surface area (Å²) in [5.74, 6) is -1.28. The summed E-state index contributed by atoms with van der Waals surface area (Å²) >= 11 is 0. The number of alkyl halides is 3. The number of carboxylic acid groups (broad SMARTS) is 1. The summed E-state index contributed by atoms with van der Waals surface area (Å²) < 4.78 is 46.4. The van der Waals surface area contributed by atoms with E-state index in [1.54, 1.807) is 18.2 Å². The molecule has 0 bridgehead atoms. The average molecular weight is 395 g/mol. The van der Waals surface area contributed by atoms with E-state index in [4.69, 9.17) is 4.74 Å². The monoisotopic (exact) mass is 395 g/mol. The van der Waals surface area contributed by atoms with E-state index in [1.165, 1.54) is 24.3 Å². The van der Waals surface area contributed by atoms with Crippen molar-refractivity contribution >= 4 is 11.9 Å². The van der Waals surface area contributed by atoms with Gasteiger partial charge < -0.3 is 19.9 Å². The van der Waals surface area contributed by atoms with Crippen molar-refractivity contribution in [2.75, 3.05) is 13.2 Å². The van der Waals surface area contributed by atoms with Gasteiger partial charge in [-0.3, -0.25) is 4.79 Å². The zero-order chi connectivity index (χ0) is 20.3. The normalized spacial score (nSPS) is 14.0. The van der Waals surface area contributed by atoms with Crippen LogP contribution in [0.2, 0.25) is 0 Å². The number of benzene rings is 2. The highest BCUT2D eigenvalue weighted by atomic mass is 19.4. The third-order valence-electron chi connectivity index (χ3n) is 4.09. The lowest BCUT2D eigenvalue weighted by molar-refractivity contribution is -0.153. The van der Waals surface area contributed by atoms with Crippen molar-refractivity contribution in [3.05, 3.63) is 59.2 Å². The van der Waals surface area contributed by atoms with Gasteiger partial charge in [0.25, 0.3) is 5.91 Å². The van der Waals surface area contributed by atoms with Crippen molar-refractivity contribution in [3.8, 4) is 11.5 Å². The summed E-state index contributed by atoms with van der Waals surface area (Å²) in [7, 11) is 0. The Morgan fingerprint density at radius 1 is 1.18 bits per heavy atom. The Morgan fingerprint density at radius 3 is 2.54 bits per heavy atom. The van der Waals surface area contributed by atoms with E-state index in [-0.39, 0.29) is 11.3 Å². The average Bonchev–Trinajstić information content (AvgIpc) is 3.11. The largest absolute Gasteiger partial charge is 0.493 e. The molecule has 1 aliphatic heterocycles. The highest BCUT2D eigenvalue weighted by molar-refractivity contribution is 5.97. The number of aliphatic carboxylic acids is 1. The molecule has 28 heavy (non-hydrogen) atoms. The first-order valence-electron chi connectivity index (χ1n) is 8.32. The smallest absolute Gasteiger partial charge is 0.422 e. The summed E-state index contributed by atoms with van der Waals surface area (Å²) in [6.45, 7) is -0.923. The lowest BCUT2D eigenvalue weighted by Gasteiger charge is -2.16. The van der Waals surface area contributed by atoms with E-state index in [0.29, 0.717) is 24.3 Å². The van der Waals surface area contributed by atoms with Gasteiger partial charge in [-0.25, -0.2) is 4.79 Å². The number of carbonyl (C=O) groups is 2. The highest BCUT2D eigenvalue weighted by Crippen LogP contribution is 2.28. The fourth-order valence-electron chi connectivity index (χ4n) is 2.76. The molecule has 0 saturated carbocycles. The van der Waals surface area contributed by atoms with Gasteiger partial charge in [-0.1, -0.05) is 6.07 Å². The van der Waals surface area contributed by atoms with Crippen molar-refractivity contribution in [3.63, 3.8) is 0 Å². The Bertz CT molecular complexity index is 880. The van der Waals surface area contributed by atoms with Crippen LogP contribution < -0.4 is 14.8 Å². The number of carbonyl (C=O) groups excluding carboxylic acids is 1. The summed E-state index contributed by atoms with van der Waals surface area (Å²) in [6, 6.07) is 8.57. The molecule has 1 amide bonds. The molecular formula is C19H16F3NO5. The van der Waals surface area contributed by atoms with Crippen LogP contribution in [0.4, 0.5) is 13.2 Å². The predicted octanol–water partition coefficient (Wildman–Crippen LogP) is 3.12. The standard InChI is InChI=1S/C19H16F3NO5/c20-19(21,22)10-28-14-4-1-11(2-5-14)17(24)23-16(18(25)26)13-3-6-15-12(9-13)7-8-27-15/h1-6,9,16H,7-8,10H2,(H,23,24)(H,25,26). The lowest BCUT2D eigenvalue weighted by Crippen LogP contribution is -2.33. The minimum atomic E-state index is -4.47. The molecule has 0 spiro atoms. The lowest BCUT2D eigenvalue weighted by atomic mass is 10.0. The SMILES string of the molecule is O=C(NC(C(=O)O)c1ccc2c(c1)CCO2)c1ccc(OCC(F)(F)F)cc1. The Balaban J connectivity index is 1.70. The second-order valence-electron chi connectivity index (χ2n) is 6.14. The summed E-state index contributed by atoms with van der Waals surface area (Å²) in [4.78, 5) is 24.0. The first-order chi connectivity index (χ1) is 13.2. The number of fused-ring (bicyclic) bond motifs is 1. The fraction of sp³-hybridized carbons (Fsp3) is 0.263. The van der Waals surface area contributed by atoms with Gasteiger partial charge in [-0.05, 0) is 47.5 Å². The number of hydrogen-bond acceptors (Lipinski definition) is 4. The zero-order valence-corrected chi connectivity index (χ0v) is 14.5. The molecule has 0 fully saturated rings. The number of amides is 1. The van der Waals surface area contributed by atoms with Crippen molar-refractivity contribution in [1.82, 2.24) is 5.32 Å². The maximum Gasteiger partial charge on any atom is 0.422 e. The molecular weight excluding hydrogens is 379 g/mol. The van der Waals surface area contributed by atoms with Crippen LogP contribution in [0.5, 0.6) is 11.5 Å². The van der Waals surface area contributed by atoms with Gasteiger partial charge in [0, 0.05) is 12.0 Å². The zero-order valence-electron chi connectivity index (χ0n) is 14.5. The van der Waals surface area contributed by atoms with Crippen molar-refractivity contribution in [2.45, 2.75) is 18.6 Å². The fourth-order valence-corrected chi connectivity index (χ4v) is 2.76. The van der Waals surface area contributed by atoms with Crippen LogP contribution in [0.25, 0.3) is 0 Å². The van der Waals surface area contributed by atoms with E-state index in [1.807, 2.05) is 0 Å². The van der Waals surface area contributed by atoms with Crippen LogP contribution in [0, 0.1) is 0 Å². The maximum atomic E-state index is 12.4. The van der Waals surface area contributed by atoms with Crippen LogP contribution in [-0.4, -0.2) is 36.4 Å². The van der Waals surface area contributed by atoms with E-state index < -0.39 is 30.7 Å². The Hall–Kier alpha value is -3.23. The van der Waals surface area contributed by atoms with E-state index in [0.717, 1.165) is 5.56 Å². The molecule has 0 saturated heterocycles. The number of carboxylic acids is 1. The quantitative estimate of drug-likeness (QED) is 0.785. The Kier molecular flexibility index (Phi) is 5.43. The molecule has 0 radical (unpaired) electrons. The van der Waals surface area contributed by atoms with Gasteiger partial charge in [-0.2, -0.15) is 13.2 Å². The molecule has 1 aliphatic rings. The van der Waals surface area contributed by atoms with Crippen molar-refractivity contribution < 1.29 is 37.3 Å². The van der Waals surface area contributed by atoms with Crippen LogP contribution in [0.3, 0.4) is 0 Å². The summed E-state index contributed by atoms with van der Waals surface area (Å²) in [6.07, 6.45) is -3.81. The summed E-state index contributed by atoms with van der Waals surface area (Å²) in [5, 5.41) is 11.9. The molecule has 0 aromatic heterocycles. The van der Waals surface area contributed by atoms with Gasteiger partial charge in [0.2, 0.25) is 0 Å². The molecule has 9 heteroatoms. The second-order valence-corrected chi connectivity index (χ2v) is 6.14. The number of hydrogen-bond donors (Lipinski definition) is 2. The molecule has 2 N–H and O–H groups in total. The number of rotatable bonds is 6. The Labute approximate surface area is 157 Å². The summed E-state index contributed by atoms with van der Waals surface area (Å²) in [5.41, 5.74) is 1.36. The maximum absolute atomic E-state index is 12.4. The molecule has 1 heterocycles. The van der Waals surface area contributed by atoms with E-state index >= 15 is 0 Å². The van der Waals surface area contributed by atoms with Crippen molar-refractivity contribution in [1.29, 1.82) is 0 Å². The third-order valence-corrected chi connectivity index (χ3v) is 4.09. The predicted molar refractivity (Wildman–Crippen MR) is 91.5 cm³/mol. The topological polar surface area (TPSA) is 84.9 Å². The van der Waals surface area contributed by atoms with Gasteiger partial charge in [-0.15, -0.1) is 0 Å². The molecule has 148 valence electrons. The van der Waals surface area contributed by atoms with E-state index in [2.05, 4.69) is 10.1 Å². The van der Waals surface area contributed by atoms with Gasteiger partial charge in [0.05, 0.1) is 6.61 Å². The molecule has 1 unspecified atom stereocenters. The molecule has 1 atom stereocenters. The van der Waals surface area contributed by atoms with Crippen molar-refractivity contribution in [2.24, 2.45) is 0 Å². The number of ether oxygens (including phenoxy) is 2. The van der Waals surface area contributed by atoms with Crippen LogP contribution in [-0.2, 0) is 11.2 Å². The first-order valence-corrected chi connectivity index (χ1v) is 8.32. The van der Waals surface area contributed by atoms with Gasteiger partial charge >= 0.3 is 12.1 Å². The Morgan fingerprint density at radius 2 is 1.89 bits per heavy atom. The number of halogens is 3. The molecule has 0 aliphatic carbocycles. The second kappa shape index (κ2) is 7.79. The molecule has 6 nitrogen and oxygen atoms in total. The van der Waals surface area contributed by atoms with E-state index in [9.17, 15) is 27.9 Å². The highest BCUT2D eigenvalue weighted by Gasteiger charge is 2.28. The van der Waals surface area contributed by atoms with Crippen LogP contribution in [0.15, 0.2) is 42.5 Å². The minimum Gasteiger partial charge on any atom is -0.493 e.